The number of carbonyl (C=O) groups excluding carboxylic acids is 2. The summed E-state index contributed by atoms with van der Waals surface area (Å²) in [5.41, 5.74) is 1.84. The van der Waals surface area contributed by atoms with Crippen LogP contribution >= 0.6 is 0 Å². The molecule has 1 heterocycles. The topological polar surface area (TPSA) is 70.7 Å². The molecule has 6 nitrogen and oxygen atoms in total. The third kappa shape index (κ3) is 4.45. The van der Waals surface area contributed by atoms with E-state index in [1.54, 1.807) is 0 Å². The smallest absolute Gasteiger partial charge is 0.313 e. The van der Waals surface area contributed by atoms with Gasteiger partial charge in [-0.05, 0) is 43.4 Å². The van der Waals surface area contributed by atoms with E-state index in [1.807, 2.05) is 37.2 Å². The zero-order chi connectivity index (χ0) is 20.3. The van der Waals surface area contributed by atoms with Gasteiger partial charge in [0, 0.05) is 19.0 Å². The van der Waals surface area contributed by atoms with Crippen molar-refractivity contribution in [3.05, 3.63) is 59.2 Å². The number of nitrogens with zero attached hydrogens (tertiary/aromatic N) is 1. The van der Waals surface area contributed by atoms with Gasteiger partial charge in [-0.2, -0.15) is 0 Å². The molecule has 0 aliphatic carbocycles. The molecule has 1 aliphatic rings. The van der Waals surface area contributed by atoms with Gasteiger partial charge in [-0.1, -0.05) is 12.1 Å². The lowest BCUT2D eigenvalue weighted by Gasteiger charge is -2.25. The minimum Gasteiger partial charge on any atom is -0.493 e. The van der Waals surface area contributed by atoms with E-state index in [9.17, 15) is 18.4 Å². The van der Waals surface area contributed by atoms with Crippen molar-refractivity contribution in [2.75, 3.05) is 32.6 Å². The maximum Gasteiger partial charge on any atom is 0.313 e. The fourth-order valence-corrected chi connectivity index (χ4v) is 3.05. The van der Waals surface area contributed by atoms with Crippen LogP contribution in [-0.2, 0) is 16.0 Å². The van der Waals surface area contributed by atoms with Crippen LogP contribution in [-0.4, -0.2) is 44.0 Å². The Morgan fingerprint density at radius 3 is 2.64 bits per heavy atom. The number of ether oxygens (including phenoxy) is 1. The lowest BCUT2D eigenvalue weighted by Crippen LogP contribution is -2.40. The van der Waals surface area contributed by atoms with Crippen LogP contribution in [0.1, 0.15) is 17.2 Å². The van der Waals surface area contributed by atoms with Crippen LogP contribution in [0, 0.1) is 11.6 Å². The average Bonchev–Trinajstić information content (AvgIpc) is 3.11. The molecule has 3 rings (SSSR count). The molecule has 2 amide bonds. The van der Waals surface area contributed by atoms with Crippen molar-refractivity contribution in [2.45, 2.75) is 12.5 Å². The third-order valence-electron chi connectivity index (χ3n) is 4.56. The number of nitrogens with one attached hydrogen (secondary N) is 2. The van der Waals surface area contributed by atoms with Gasteiger partial charge in [0.05, 0.1) is 18.3 Å². The molecule has 0 bridgehead atoms. The highest BCUT2D eigenvalue weighted by molar-refractivity contribution is 6.39. The maximum atomic E-state index is 13.6. The zero-order valence-electron chi connectivity index (χ0n) is 15.6. The second-order valence-corrected chi connectivity index (χ2v) is 6.73. The normalized spacial score (nSPS) is 13.6. The van der Waals surface area contributed by atoms with Gasteiger partial charge in [0.25, 0.3) is 0 Å². The Bertz CT molecular complexity index is 902. The Morgan fingerprint density at radius 2 is 1.93 bits per heavy atom. The van der Waals surface area contributed by atoms with Gasteiger partial charge in [-0.15, -0.1) is 0 Å². The number of likely N-dealkylation sites (N-methyl/N-ethyl adjacent to an activating group) is 1. The van der Waals surface area contributed by atoms with Crippen molar-refractivity contribution in [3.8, 4) is 5.75 Å². The monoisotopic (exact) mass is 389 g/mol. The number of hydrogen-bond donors (Lipinski definition) is 2. The highest BCUT2D eigenvalue weighted by Crippen LogP contribution is 2.29. The number of hydrogen-bond acceptors (Lipinski definition) is 4. The summed E-state index contributed by atoms with van der Waals surface area (Å²) in [6, 6.07) is 8.39. The molecule has 0 saturated heterocycles. The molecular weight excluding hydrogens is 368 g/mol. The van der Waals surface area contributed by atoms with Crippen molar-refractivity contribution in [1.29, 1.82) is 0 Å². The molecule has 0 fully saturated rings. The SMILES string of the molecule is CN(C)C(CNC(=O)C(=O)Nc1ccc(F)cc1F)c1ccc2c(c1)CCO2. The first-order valence-electron chi connectivity index (χ1n) is 8.81. The largest absolute Gasteiger partial charge is 0.493 e. The van der Waals surface area contributed by atoms with Crippen molar-refractivity contribution in [2.24, 2.45) is 0 Å². The van der Waals surface area contributed by atoms with Gasteiger partial charge in [0.15, 0.2) is 0 Å². The van der Waals surface area contributed by atoms with Crippen LogP contribution in [0.2, 0.25) is 0 Å². The maximum absolute atomic E-state index is 13.6. The standard InChI is InChI=1S/C20H21F2N3O3/c1-25(2)17(12-3-6-18-13(9-12)7-8-28-18)11-23-19(26)20(27)24-16-5-4-14(21)10-15(16)22/h3-6,9-10,17H,7-8,11H2,1-2H3,(H,23,26)(H,24,27). The van der Waals surface area contributed by atoms with Crippen LogP contribution in [0.15, 0.2) is 36.4 Å². The van der Waals surface area contributed by atoms with Crippen molar-refractivity contribution < 1.29 is 23.1 Å². The number of rotatable bonds is 5. The molecule has 0 saturated carbocycles. The van der Waals surface area contributed by atoms with E-state index in [1.165, 1.54) is 0 Å². The summed E-state index contributed by atoms with van der Waals surface area (Å²) >= 11 is 0. The predicted molar refractivity (Wildman–Crippen MR) is 100 cm³/mol. The van der Waals surface area contributed by atoms with Crippen molar-refractivity contribution in [3.63, 3.8) is 0 Å². The highest BCUT2D eigenvalue weighted by Gasteiger charge is 2.21. The van der Waals surface area contributed by atoms with Gasteiger partial charge in [-0.25, -0.2) is 8.78 Å². The first kappa shape index (κ1) is 19.8. The highest BCUT2D eigenvalue weighted by atomic mass is 19.1. The summed E-state index contributed by atoms with van der Waals surface area (Å²) < 4.78 is 32.1. The molecule has 0 radical (unpaired) electrons. The number of fused-ring (bicyclic) bond motifs is 1. The summed E-state index contributed by atoms with van der Waals surface area (Å²) in [5, 5.41) is 4.70. The molecule has 1 aliphatic heterocycles. The van der Waals surface area contributed by atoms with Gasteiger partial charge in [-0.3, -0.25) is 9.59 Å². The molecule has 1 atom stereocenters. The summed E-state index contributed by atoms with van der Waals surface area (Å²) in [4.78, 5) is 26.0. The van der Waals surface area contributed by atoms with E-state index in [-0.39, 0.29) is 18.3 Å². The van der Waals surface area contributed by atoms with Gasteiger partial charge < -0.3 is 20.3 Å². The minimum atomic E-state index is -1.02. The Labute approximate surface area is 161 Å². The first-order chi connectivity index (χ1) is 13.3. The van der Waals surface area contributed by atoms with Crippen LogP contribution in [0.4, 0.5) is 14.5 Å². The Hall–Kier alpha value is -3.00. The molecule has 2 aromatic rings. The molecule has 148 valence electrons. The van der Waals surface area contributed by atoms with Crippen LogP contribution < -0.4 is 15.4 Å². The van der Waals surface area contributed by atoms with Gasteiger partial charge >= 0.3 is 11.8 Å². The fourth-order valence-electron chi connectivity index (χ4n) is 3.05. The lowest BCUT2D eigenvalue weighted by atomic mass is 10.0. The minimum absolute atomic E-state index is 0.162. The third-order valence-corrected chi connectivity index (χ3v) is 4.56. The second-order valence-electron chi connectivity index (χ2n) is 6.73. The average molecular weight is 389 g/mol. The summed E-state index contributed by atoms with van der Waals surface area (Å²) in [6.45, 7) is 0.840. The van der Waals surface area contributed by atoms with E-state index >= 15 is 0 Å². The zero-order valence-corrected chi connectivity index (χ0v) is 15.6. The van der Waals surface area contributed by atoms with E-state index < -0.39 is 23.4 Å². The first-order valence-corrected chi connectivity index (χ1v) is 8.81. The van der Waals surface area contributed by atoms with Gasteiger partial charge in [0.1, 0.15) is 17.4 Å². The molecular formula is C20H21F2N3O3. The lowest BCUT2D eigenvalue weighted by molar-refractivity contribution is -0.136. The molecule has 2 N–H and O–H groups in total. The van der Waals surface area contributed by atoms with Crippen molar-refractivity contribution in [1.82, 2.24) is 10.2 Å². The predicted octanol–water partition coefficient (Wildman–Crippen LogP) is 2.26. The second kappa shape index (κ2) is 8.35. The molecule has 8 heteroatoms. The van der Waals surface area contributed by atoms with E-state index in [2.05, 4.69) is 10.6 Å². The summed E-state index contributed by atoms with van der Waals surface area (Å²) in [7, 11) is 3.74. The number of halogens is 2. The molecule has 1 unspecified atom stereocenters. The molecule has 28 heavy (non-hydrogen) atoms. The van der Waals surface area contributed by atoms with Crippen LogP contribution in [0.5, 0.6) is 5.75 Å². The molecule has 0 spiro atoms. The summed E-state index contributed by atoms with van der Waals surface area (Å²) in [5.74, 6) is -2.78. The van der Waals surface area contributed by atoms with E-state index in [4.69, 9.17) is 4.74 Å². The Kier molecular flexibility index (Phi) is 5.89. The van der Waals surface area contributed by atoms with Crippen LogP contribution in [0.25, 0.3) is 0 Å². The number of carbonyl (C=O) groups is 2. The number of benzene rings is 2. The van der Waals surface area contributed by atoms with E-state index in [0.717, 1.165) is 35.4 Å². The fraction of sp³-hybridized carbons (Fsp3) is 0.300. The molecule has 2 aromatic carbocycles. The number of amides is 2. The van der Waals surface area contributed by atoms with Crippen molar-refractivity contribution >= 4 is 17.5 Å². The molecule has 0 aromatic heterocycles. The Balaban J connectivity index is 1.63. The Morgan fingerprint density at radius 1 is 1.14 bits per heavy atom. The van der Waals surface area contributed by atoms with Gasteiger partial charge in [0.2, 0.25) is 0 Å². The van der Waals surface area contributed by atoms with Crippen LogP contribution in [0.3, 0.4) is 0 Å². The van der Waals surface area contributed by atoms with E-state index in [0.29, 0.717) is 12.7 Å². The number of anilines is 1. The quantitative estimate of drug-likeness (QED) is 0.770. The summed E-state index contributed by atoms with van der Waals surface area (Å²) in [6.07, 6.45) is 0.835.